The van der Waals surface area contributed by atoms with Gasteiger partial charge in [-0.3, -0.25) is 0 Å². The van der Waals surface area contributed by atoms with Gasteiger partial charge in [-0.15, -0.1) is 0 Å². The Labute approximate surface area is 83.0 Å². The van der Waals surface area contributed by atoms with Gasteiger partial charge < -0.3 is 12.7 Å². The fourth-order valence-electron chi connectivity index (χ4n) is 0.928. The number of hydrogen-bond donors (Lipinski definition) is 0. The molecule has 0 aromatic carbocycles. The lowest BCUT2D eigenvalue weighted by Gasteiger charge is -2.37. The fraction of sp³-hybridized carbons (Fsp3) is 1.00. The number of nitrogens with zero attached hydrogens (tertiary/aromatic N) is 3. The van der Waals surface area contributed by atoms with E-state index in [4.69, 9.17) is 0 Å². The van der Waals surface area contributed by atoms with Gasteiger partial charge in [-0.25, -0.2) is 0 Å². The van der Waals surface area contributed by atoms with Crippen molar-refractivity contribution < 1.29 is 0 Å². The standard InChI is InChI=1S/C6H15N3Si3/c1-4-7-10-8(5-2)12-9(6-3)11-7/h4-6H2,1-3H3. The highest BCUT2D eigenvalue weighted by molar-refractivity contribution is 6.64. The highest BCUT2D eigenvalue weighted by Crippen LogP contribution is 1.99. The van der Waals surface area contributed by atoms with Crippen LogP contribution >= 0.6 is 0 Å². The molecule has 12 heavy (non-hydrogen) atoms. The number of hydrogen-bond acceptors (Lipinski definition) is 3. The molecule has 1 aliphatic heterocycles. The van der Waals surface area contributed by atoms with Crippen LogP contribution in [0, 0.1) is 0 Å². The van der Waals surface area contributed by atoms with Crippen molar-refractivity contribution in [2.24, 2.45) is 0 Å². The second-order valence-electron chi connectivity index (χ2n) is 2.53. The van der Waals surface area contributed by atoms with Gasteiger partial charge in [-0.1, -0.05) is 20.8 Å². The Hall–Kier alpha value is 0.531. The van der Waals surface area contributed by atoms with Crippen LogP contribution < -0.4 is 0 Å². The summed E-state index contributed by atoms with van der Waals surface area (Å²) in [5.41, 5.74) is 0. The first-order valence-electron chi connectivity index (χ1n) is 4.41. The van der Waals surface area contributed by atoms with Crippen molar-refractivity contribution in [3.63, 3.8) is 0 Å². The van der Waals surface area contributed by atoms with E-state index >= 15 is 0 Å². The van der Waals surface area contributed by atoms with Crippen LogP contribution in [0.5, 0.6) is 0 Å². The molecule has 0 aromatic rings. The molecular formula is C6H15N3Si3. The van der Waals surface area contributed by atoms with E-state index in [0.29, 0.717) is 0 Å². The van der Waals surface area contributed by atoms with Gasteiger partial charge in [-0.05, 0) is 19.6 Å². The second kappa shape index (κ2) is 5.30. The van der Waals surface area contributed by atoms with Gasteiger partial charge in [0.25, 0.3) is 0 Å². The summed E-state index contributed by atoms with van der Waals surface area (Å²) in [5, 5.41) is 0. The molecular weight excluding hydrogens is 198 g/mol. The maximum absolute atomic E-state index is 2.53. The van der Waals surface area contributed by atoms with Crippen LogP contribution in [0.25, 0.3) is 0 Å². The van der Waals surface area contributed by atoms with Gasteiger partial charge in [0.15, 0.2) is 0 Å². The second-order valence-corrected chi connectivity index (χ2v) is 7.71. The van der Waals surface area contributed by atoms with Crippen molar-refractivity contribution in [3.8, 4) is 0 Å². The largest absolute Gasteiger partial charge is 0.323 e. The summed E-state index contributed by atoms with van der Waals surface area (Å²) in [6.45, 7) is 10.3. The van der Waals surface area contributed by atoms with Gasteiger partial charge in [0.05, 0.1) is 0 Å². The van der Waals surface area contributed by atoms with Gasteiger partial charge in [0.2, 0.25) is 29.5 Å². The summed E-state index contributed by atoms with van der Waals surface area (Å²) in [7, 11) is 2.77. The Morgan fingerprint density at radius 1 is 0.667 bits per heavy atom. The predicted molar refractivity (Wildman–Crippen MR) is 54.4 cm³/mol. The van der Waals surface area contributed by atoms with Gasteiger partial charge in [0.1, 0.15) is 0 Å². The first-order chi connectivity index (χ1) is 5.80. The molecule has 1 rings (SSSR count). The van der Waals surface area contributed by atoms with Crippen LogP contribution in [0.15, 0.2) is 0 Å². The maximum atomic E-state index is 2.53. The van der Waals surface area contributed by atoms with Crippen molar-refractivity contribution in [2.45, 2.75) is 20.8 Å². The monoisotopic (exact) mass is 213 g/mol. The Bertz CT molecular complexity index is 105. The Morgan fingerprint density at radius 3 is 1.08 bits per heavy atom. The number of rotatable bonds is 3. The summed E-state index contributed by atoms with van der Waals surface area (Å²) in [5.74, 6) is 0. The summed E-state index contributed by atoms with van der Waals surface area (Å²) in [4.78, 5) is 0. The lowest BCUT2D eigenvalue weighted by molar-refractivity contribution is 0.506. The van der Waals surface area contributed by atoms with Crippen molar-refractivity contribution >= 4 is 29.5 Å². The van der Waals surface area contributed by atoms with Crippen LogP contribution in [0.4, 0.5) is 0 Å². The van der Waals surface area contributed by atoms with E-state index in [2.05, 4.69) is 33.5 Å². The van der Waals surface area contributed by atoms with Crippen LogP contribution in [0.2, 0.25) is 0 Å². The molecule has 0 aromatic heterocycles. The summed E-state index contributed by atoms with van der Waals surface area (Å²) in [6.07, 6.45) is 0. The van der Waals surface area contributed by atoms with E-state index in [9.17, 15) is 0 Å². The van der Waals surface area contributed by atoms with E-state index in [-0.39, 0.29) is 0 Å². The zero-order valence-electron chi connectivity index (χ0n) is 7.96. The molecule has 1 heterocycles. The van der Waals surface area contributed by atoms with E-state index in [0.717, 1.165) is 29.5 Å². The van der Waals surface area contributed by atoms with Gasteiger partial charge in [0, 0.05) is 0 Å². The zero-order chi connectivity index (χ0) is 8.97. The summed E-state index contributed by atoms with van der Waals surface area (Å²) >= 11 is 0. The normalized spacial score (nSPS) is 23.2. The average molecular weight is 213 g/mol. The topological polar surface area (TPSA) is 9.72 Å². The van der Waals surface area contributed by atoms with E-state index in [1.165, 1.54) is 19.6 Å². The molecule has 0 aliphatic carbocycles. The molecule has 0 amide bonds. The van der Waals surface area contributed by atoms with Crippen LogP contribution in [-0.2, 0) is 0 Å². The average Bonchev–Trinajstić information content (AvgIpc) is 2.16. The molecule has 3 nitrogen and oxygen atoms in total. The molecule has 0 atom stereocenters. The molecule has 66 valence electrons. The van der Waals surface area contributed by atoms with Crippen molar-refractivity contribution in [3.05, 3.63) is 0 Å². The molecule has 0 N–H and O–H groups in total. The van der Waals surface area contributed by atoms with Gasteiger partial charge in [-0.2, -0.15) is 0 Å². The SMILES string of the molecule is CCN1[Si]N(CC)[Si]N(CC)[Si]1. The Kier molecular flexibility index (Phi) is 4.69. The van der Waals surface area contributed by atoms with E-state index in [1.807, 2.05) is 0 Å². The molecule has 0 bridgehead atoms. The lowest BCUT2D eigenvalue weighted by Crippen LogP contribution is -2.61. The third-order valence-electron chi connectivity index (χ3n) is 1.67. The maximum Gasteiger partial charge on any atom is 0.237 e. The van der Waals surface area contributed by atoms with E-state index in [1.54, 1.807) is 0 Å². The Morgan fingerprint density at radius 2 is 0.917 bits per heavy atom. The quantitative estimate of drug-likeness (QED) is 0.589. The van der Waals surface area contributed by atoms with Crippen LogP contribution in [0.3, 0.4) is 0 Å². The molecule has 1 aliphatic rings. The highest BCUT2D eigenvalue weighted by atomic mass is 28.4. The third-order valence-corrected chi connectivity index (χ3v) is 6.82. The van der Waals surface area contributed by atoms with Crippen LogP contribution in [-0.4, -0.2) is 61.9 Å². The molecule has 0 saturated carbocycles. The molecule has 0 unspecified atom stereocenters. The van der Waals surface area contributed by atoms with Crippen molar-refractivity contribution in [1.29, 1.82) is 0 Å². The van der Waals surface area contributed by atoms with Crippen molar-refractivity contribution in [2.75, 3.05) is 19.6 Å². The smallest absolute Gasteiger partial charge is 0.237 e. The third kappa shape index (κ3) is 2.79. The first kappa shape index (κ1) is 10.6. The Balaban J connectivity index is 2.41. The highest BCUT2D eigenvalue weighted by Gasteiger charge is 2.24. The molecule has 1 fully saturated rings. The minimum absolute atomic E-state index is 0.923. The molecule has 1 saturated heterocycles. The molecule has 0 spiro atoms. The lowest BCUT2D eigenvalue weighted by atomic mass is 10.8. The summed E-state index contributed by atoms with van der Waals surface area (Å²) in [6, 6.07) is 0. The molecule has 6 radical (unpaired) electrons. The fourth-order valence-corrected chi connectivity index (χ4v) is 6.26. The van der Waals surface area contributed by atoms with E-state index < -0.39 is 0 Å². The minimum Gasteiger partial charge on any atom is -0.323 e. The van der Waals surface area contributed by atoms with Crippen LogP contribution in [0.1, 0.15) is 20.8 Å². The minimum atomic E-state index is 0.923. The summed E-state index contributed by atoms with van der Waals surface area (Å²) < 4.78 is 7.59. The predicted octanol–water partition coefficient (Wildman–Crippen LogP) is -0.432. The molecule has 6 heteroatoms. The van der Waals surface area contributed by atoms with Gasteiger partial charge >= 0.3 is 0 Å². The van der Waals surface area contributed by atoms with Crippen molar-refractivity contribution in [1.82, 2.24) is 12.7 Å². The zero-order valence-corrected chi connectivity index (χ0v) is 11.0. The first-order valence-corrected chi connectivity index (χ1v) is 7.09.